The van der Waals surface area contributed by atoms with Gasteiger partial charge in [-0.3, -0.25) is 14.4 Å². The van der Waals surface area contributed by atoms with Crippen LogP contribution in [-0.4, -0.2) is 40.6 Å². The molecule has 9 heteroatoms. The third-order valence-corrected chi connectivity index (χ3v) is 3.97. The Morgan fingerprint density at radius 2 is 1.92 bits per heavy atom. The normalized spacial score (nSPS) is 11.5. The SMILES string of the molecule is Cc1cc(NC(=O)CSCC(=O)O[C@@H](C)C(=O)Nc2ccccc2)no1. The zero-order valence-corrected chi connectivity index (χ0v) is 15.2. The van der Waals surface area contributed by atoms with Crippen LogP contribution in [0.2, 0.25) is 0 Å². The summed E-state index contributed by atoms with van der Waals surface area (Å²) in [5.74, 6) is -0.406. The number of carbonyl (C=O) groups excluding carboxylic acids is 3. The van der Waals surface area contributed by atoms with E-state index in [-0.39, 0.29) is 17.4 Å². The van der Waals surface area contributed by atoms with E-state index in [0.29, 0.717) is 17.3 Å². The van der Waals surface area contributed by atoms with Gasteiger partial charge in [0.15, 0.2) is 11.9 Å². The topological polar surface area (TPSA) is 111 Å². The first kappa shape index (κ1) is 19.5. The number of rotatable bonds is 8. The molecular weight excluding hydrogens is 358 g/mol. The summed E-state index contributed by atoms with van der Waals surface area (Å²) in [5, 5.41) is 8.83. The molecule has 0 radical (unpaired) electrons. The summed E-state index contributed by atoms with van der Waals surface area (Å²) in [6, 6.07) is 10.5. The monoisotopic (exact) mass is 377 g/mol. The van der Waals surface area contributed by atoms with Gasteiger partial charge in [0, 0.05) is 11.8 Å². The number of nitrogens with one attached hydrogen (secondary N) is 2. The van der Waals surface area contributed by atoms with E-state index >= 15 is 0 Å². The number of ether oxygens (including phenoxy) is 1. The lowest BCUT2D eigenvalue weighted by molar-refractivity contribution is -0.150. The molecule has 0 saturated heterocycles. The van der Waals surface area contributed by atoms with Crippen molar-refractivity contribution in [1.29, 1.82) is 0 Å². The predicted octanol–water partition coefficient (Wildman–Crippen LogP) is 2.23. The number of thioether (sulfide) groups is 1. The minimum atomic E-state index is -0.935. The van der Waals surface area contributed by atoms with E-state index in [4.69, 9.17) is 9.26 Å². The summed E-state index contributed by atoms with van der Waals surface area (Å²) >= 11 is 1.08. The second-order valence-electron chi connectivity index (χ2n) is 5.35. The molecule has 2 amide bonds. The fourth-order valence-corrected chi connectivity index (χ4v) is 2.48. The molecule has 1 atom stereocenters. The average molecular weight is 377 g/mol. The molecule has 2 rings (SSSR count). The van der Waals surface area contributed by atoms with Gasteiger partial charge in [0.05, 0.1) is 11.5 Å². The van der Waals surface area contributed by atoms with E-state index in [1.165, 1.54) is 6.92 Å². The van der Waals surface area contributed by atoms with Crippen molar-refractivity contribution in [2.24, 2.45) is 0 Å². The molecule has 0 saturated carbocycles. The van der Waals surface area contributed by atoms with Crippen LogP contribution in [0.15, 0.2) is 40.9 Å². The summed E-state index contributed by atoms with van der Waals surface area (Å²) in [4.78, 5) is 35.4. The average Bonchev–Trinajstić information content (AvgIpc) is 3.00. The largest absolute Gasteiger partial charge is 0.452 e. The number of para-hydroxylation sites is 1. The summed E-state index contributed by atoms with van der Waals surface area (Å²) in [5.41, 5.74) is 0.620. The maximum absolute atomic E-state index is 12.0. The maximum Gasteiger partial charge on any atom is 0.316 e. The van der Waals surface area contributed by atoms with E-state index in [0.717, 1.165) is 11.8 Å². The number of benzene rings is 1. The number of aryl methyl sites for hydroxylation is 1. The standard InChI is InChI=1S/C17H19N3O5S/c1-11-8-14(20-25-11)19-15(21)9-26-10-16(22)24-12(2)17(23)18-13-6-4-3-5-7-13/h3-8,12H,9-10H2,1-2H3,(H,18,23)(H,19,20,21)/t12-/m0/s1. The fourth-order valence-electron chi connectivity index (χ4n) is 1.88. The molecule has 0 fully saturated rings. The van der Waals surface area contributed by atoms with E-state index < -0.39 is 18.0 Å². The van der Waals surface area contributed by atoms with Crippen LogP contribution in [0.25, 0.3) is 0 Å². The van der Waals surface area contributed by atoms with Crippen LogP contribution in [0.5, 0.6) is 0 Å². The van der Waals surface area contributed by atoms with Gasteiger partial charge in [-0.15, -0.1) is 11.8 Å². The molecule has 1 heterocycles. The van der Waals surface area contributed by atoms with Crippen LogP contribution in [0.4, 0.5) is 11.5 Å². The summed E-state index contributed by atoms with van der Waals surface area (Å²) in [7, 11) is 0. The molecule has 0 bridgehead atoms. The molecule has 0 aliphatic rings. The van der Waals surface area contributed by atoms with E-state index in [1.807, 2.05) is 6.07 Å². The lowest BCUT2D eigenvalue weighted by Crippen LogP contribution is -2.30. The van der Waals surface area contributed by atoms with Crippen LogP contribution in [-0.2, 0) is 19.1 Å². The van der Waals surface area contributed by atoms with Gasteiger partial charge in [-0.05, 0) is 26.0 Å². The highest BCUT2D eigenvalue weighted by molar-refractivity contribution is 8.00. The summed E-state index contributed by atoms with van der Waals surface area (Å²) in [6.07, 6.45) is -0.935. The Labute approximate surface area is 154 Å². The highest BCUT2D eigenvalue weighted by Gasteiger charge is 2.18. The van der Waals surface area contributed by atoms with E-state index in [1.54, 1.807) is 37.3 Å². The van der Waals surface area contributed by atoms with Gasteiger partial charge in [-0.1, -0.05) is 23.4 Å². The highest BCUT2D eigenvalue weighted by atomic mass is 32.2. The first-order valence-electron chi connectivity index (χ1n) is 7.80. The zero-order chi connectivity index (χ0) is 18.9. The van der Waals surface area contributed by atoms with E-state index in [9.17, 15) is 14.4 Å². The van der Waals surface area contributed by atoms with Crippen molar-refractivity contribution in [1.82, 2.24) is 5.16 Å². The zero-order valence-electron chi connectivity index (χ0n) is 14.4. The number of hydrogen-bond donors (Lipinski definition) is 2. The number of aromatic nitrogens is 1. The molecule has 0 unspecified atom stereocenters. The molecule has 0 aliphatic heterocycles. The predicted molar refractivity (Wildman–Crippen MR) is 97.8 cm³/mol. The molecule has 2 N–H and O–H groups in total. The summed E-state index contributed by atoms with van der Waals surface area (Å²) in [6.45, 7) is 3.20. The molecule has 138 valence electrons. The van der Waals surface area contributed by atoms with Gasteiger partial charge in [0.1, 0.15) is 5.76 Å². The van der Waals surface area contributed by atoms with Crippen molar-refractivity contribution in [3.8, 4) is 0 Å². The quantitative estimate of drug-likeness (QED) is 0.679. The molecule has 2 aromatic rings. The number of nitrogens with zero attached hydrogens (tertiary/aromatic N) is 1. The van der Waals surface area contributed by atoms with Crippen molar-refractivity contribution in [2.75, 3.05) is 22.1 Å². The van der Waals surface area contributed by atoms with Crippen LogP contribution in [0, 0.1) is 6.92 Å². The molecule has 1 aromatic carbocycles. The summed E-state index contributed by atoms with van der Waals surface area (Å²) < 4.78 is 9.89. The van der Waals surface area contributed by atoms with Gasteiger partial charge in [-0.2, -0.15) is 0 Å². The molecule has 0 spiro atoms. The smallest absolute Gasteiger partial charge is 0.316 e. The first-order chi connectivity index (χ1) is 12.4. The Kier molecular flexibility index (Phi) is 7.22. The molecule has 0 aliphatic carbocycles. The Morgan fingerprint density at radius 1 is 1.19 bits per heavy atom. The van der Waals surface area contributed by atoms with Crippen LogP contribution in [0.1, 0.15) is 12.7 Å². The lowest BCUT2D eigenvalue weighted by Gasteiger charge is -2.13. The fraction of sp³-hybridized carbons (Fsp3) is 0.294. The lowest BCUT2D eigenvalue weighted by atomic mass is 10.3. The van der Waals surface area contributed by atoms with Crippen molar-refractivity contribution in [2.45, 2.75) is 20.0 Å². The third kappa shape index (κ3) is 6.60. The van der Waals surface area contributed by atoms with Gasteiger partial charge in [-0.25, -0.2) is 0 Å². The minimum Gasteiger partial charge on any atom is -0.452 e. The Morgan fingerprint density at radius 3 is 2.58 bits per heavy atom. The number of esters is 1. The number of amides is 2. The molecule has 1 aromatic heterocycles. The van der Waals surface area contributed by atoms with Gasteiger partial charge in [0.25, 0.3) is 5.91 Å². The Balaban J connectivity index is 1.66. The minimum absolute atomic E-state index is 0.0472. The van der Waals surface area contributed by atoms with Crippen molar-refractivity contribution in [3.05, 3.63) is 42.2 Å². The van der Waals surface area contributed by atoms with Crippen LogP contribution >= 0.6 is 11.8 Å². The van der Waals surface area contributed by atoms with Gasteiger partial charge >= 0.3 is 5.97 Å². The van der Waals surface area contributed by atoms with Crippen molar-refractivity contribution < 1.29 is 23.6 Å². The molecule has 8 nitrogen and oxygen atoms in total. The Hall–Kier alpha value is -2.81. The van der Waals surface area contributed by atoms with Gasteiger partial charge in [0.2, 0.25) is 5.91 Å². The number of anilines is 2. The highest BCUT2D eigenvalue weighted by Crippen LogP contribution is 2.10. The van der Waals surface area contributed by atoms with E-state index in [2.05, 4.69) is 15.8 Å². The van der Waals surface area contributed by atoms with Crippen molar-refractivity contribution in [3.63, 3.8) is 0 Å². The number of carbonyl (C=O) groups is 3. The number of hydrogen-bond acceptors (Lipinski definition) is 7. The van der Waals surface area contributed by atoms with Gasteiger partial charge < -0.3 is 19.9 Å². The van der Waals surface area contributed by atoms with Crippen LogP contribution < -0.4 is 10.6 Å². The molecule has 26 heavy (non-hydrogen) atoms. The Bertz CT molecular complexity index is 763. The third-order valence-electron chi connectivity index (χ3n) is 3.07. The van der Waals surface area contributed by atoms with Crippen LogP contribution in [0.3, 0.4) is 0 Å². The first-order valence-corrected chi connectivity index (χ1v) is 8.96. The maximum atomic E-state index is 12.0. The van der Waals surface area contributed by atoms with Crippen molar-refractivity contribution >= 4 is 41.1 Å². The second-order valence-corrected chi connectivity index (χ2v) is 6.34. The second kappa shape index (κ2) is 9.62. The molecular formula is C17H19N3O5S.